The van der Waals surface area contributed by atoms with E-state index in [0.29, 0.717) is 12.3 Å². The van der Waals surface area contributed by atoms with Crippen LogP contribution in [0.25, 0.3) is 0 Å². The second kappa shape index (κ2) is 5.70. The highest BCUT2D eigenvalue weighted by molar-refractivity contribution is 5.19. The summed E-state index contributed by atoms with van der Waals surface area (Å²) in [4.78, 5) is 0. The molecule has 1 aliphatic heterocycles. The third-order valence-electron chi connectivity index (χ3n) is 4.15. The largest absolute Gasteiger partial charge is 0.381 e. The molecule has 0 unspecified atom stereocenters. The highest BCUT2D eigenvalue weighted by Crippen LogP contribution is 2.34. The van der Waals surface area contributed by atoms with Crippen molar-refractivity contribution in [3.63, 3.8) is 0 Å². The number of hydrogen-bond acceptors (Lipinski definition) is 4. The van der Waals surface area contributed by atoms with Crippen molar-refractivity contribution in [2.45, 2.75) is 51.0 Å². The lowest BCUT2D eigenvalue weighted by molar-refractivity contribution is 0.0832. The SMILES string of the molecule is N#CCc1nnn(CCC2CC2)c1C1CCOCC1. The van der Waals surface area contributed by atoms with Gasteiger partial charge in [0.2, 0.25) is 0 Å². The number of rotatable bonds is 5. The molecular weight excluding hydrogens is 240 g/mol. The van der Waals surface area contributed by atoms with Gasteiger partial charge in [0.05, 0.1) is 18.2 Å². The van der Waals surface area contributed by atoms with Gasteiger partial charge in [-0.05, 0) is 25.2 Å². The van der Waals surface area contributed by atoms with E-state index in [2.05, 4.69) is 21.1 Å². The average molecular weight is 260 g/mol. The Bertz CT molecular complexity index is 466. The highest BCUT2D eigenvalue weighted by Gasteiger charge is 2.26. The predicted octanol–water partition coefficient (Wildman–Crippen LogP) is 2.04. The molecule has 0 N–H and O–H groups in total. The maximum atomic E-state index is 8.93. The van der Waals surface area contributed by atoms with Crippen molar-refractivity contribution in [2.75, 3.05) is 13.2 Å². The molecule has 1 aromatic heterocycles. The smallest absolute Gasteiger partial charge is 0.100 e. The van der Waals surface area contributed by atoms with E-state index < -0.39 is 0 Å². The summed E-state index contributed by atoms with van der Waals surface area (Å²) in [7, 11) is 0. The molecule has 102 valence electrons. The Hall–Kier alpha value is -1.41. The summed E-state index contributed by atoms with van der Waals surface area (Å²) in [6.45, 7) is 2.57. The molecule has 5 heteroatoms. The summed E-state index contributed by atoms with van der Waals surface area (Å²) in [6.07, 6.45) is 6.35. The monoisotopic (exact) mass is 260 g/mol. The maximum absolute atomic E-state index is 8.93. The van der Waals surface area contributed by atoms with E-state index in [9.17, 15) is 0 Å². The van der Waals surface area contributed by atoms with Crippen LogP contribution >= 0.6 is 0 Å². The minimum Gasteiger partial charge on any atom is -0.381 e. The van der Waals surface area contributed by atoms with Crippen LogP contribution in [0.2, 0.25) is 0 Å². The number of nitriles is 1. The minimum atomic E-state index is 0.371. The van der Waals surface area contributed by atoms with Crippen LogP contribution in [0.1, 0.15) is 49.4 Å². The zero-order chi connectivity index (χ0) is 13.1. The summed E-state index contributed by atoms with van der Waals surface area (Å²) in [5, 5.41) is 17.4. The lowest BCUT2D eigenvalue weighted by Crippen LogP contribution is -2.19. The normalized spacial score (nSPS) is 20.4. The summed E-state index contributed by atoms with van der Waals surface area (Å²) < 4.78 is 7.49. The van der Waals surface area contributed by atoms with Gasteiger partial charge in [-0.2, -0.15) is 5.26 Å². The highest BCUT2D eigenvalue weighted by atomic mass is 16.5. The van der Waals surface area contributed by atoms with Crippen LogP contribution < -0.4 is 0 Å². The minimum absolute atomic E-state index is 0.371. The molecule has 2 fully saturated rings. The van der Waals surface area contributed by atoms with Gasteiger partial charge in [0.1, 0.15) is 5.69 Å². The van der Waals surface area contributed by atoms with E-state index in [0.717, 1.165) is 44.2 Å². The lowest BCUT2D eigenvalue weighted by Gasteiger charge is -2.23. The second-order valence-corrected chi connectivity index (χ2v) is 5.60. The Morgan fingerprint density at radius 3 is 2.74 bits per heavy atom. The first kappa shape index (κ1) is 12.6. The van der Waals surface area contributed by atoms with Crippen molar-refractivity contribution < 1.29 is 4.74 Å². The molecule has 1 saturated heterocycles. The first-order valence-corrected chi connectivity index (χ1v) is 7.25. The molecular formula is C14H20N4O. The van der Waals surface area contributed by atoms with E-state index in [4.69, 9.17) is 10.00 Å². The first-order valence-electron chi connectivity index (χ1n) is 7.25. The average Bonchev–Trinajstić information content (AvgIpc) is 3.19. The van der Waals surface area contributed by atoms with Crippen LogP contribution in [-0.2, 0) is 17.7 Å². The van der Waals surface area contributed by atoms with Crippen molar-refractivity contribution >= 4 is 0 Å². The van der Waals surface area contributed by atoms with E-state index in [-0.39, 0.29) is 0 Å². The fourth-order valence-corrected chi connectivity index (χ4v) is 2.85. The summed E-state index contributed by atoms with van der Waals surface area (Å²) in [5.41, 5.74) is 2.08. The Kier molecular flexibility index (Phi) is 3.79. The first-order chi connectivity index (χ1) is 9.38. The third kappa shape index (κ3) is 2.95. The molecule has 2 heterocycles. The van der Waals surface area contributed by atoms with E-state index in [1.807, 2.05) is 0 Å². The van der Waals surface area contributed by atoms with E-state index in [1.165, 1.54) is 25.0 Å². The third-order valence-corrected chi connectivity index (χ3v) is 4.15. The molecule has 1 aromatic rings. The summed E-state index contributed by atoms with van der Waals surface area (Å²) >= 11 is 0. The van der Waals surface area contributed by atoms with Crippen LogP contribution in [0.15, 0.2) is 0 Å². The topological polar surface area (TPSA) is 63.7 Å². The zero-order valence-corrected chi connectivity index (χ0v) is 11.2. The second-order valence-electron chi connectivity index (χ2n) is 5.60. The van der Waals surface area contributed by atoms with Crippen molar-refractivity contribution in [2.24, 2.45) is 5.92 Å². The Morgan fingerprint density at radius 1 is 1.26 bits per heavy atom. The number of aromatic nitrogens is 3. The molecule has 1 aliphatic carbocycles. The predicted molar refractivity (Wildman–Crippen MR) is 69.5 cm³/mol. The van der Waals surface area contributed by atoms with Crippen LogP contribution in [0.4, 0.5) is 0 Å². The van der Waals surface area contributed by atoms with Crippen LogP contribution in [-0.4, -0.2) is 28.2 Å². The number of ether oxygens (including phenoxy) is 1. The van der Waals surface area contributed by atoms with E-state index in [1.54, 1.807) is 0 Å². The molecule has 3 rings (SSSR count). The molecule has 0 amide bonds. The van der Waals surface area contributed by atoms with E-state index >= 15 is 0 Å². The van der Waals surface area contributed by atoms with Gasteiger partial charge in [-0.15, -0.1) is 5.10 Å². The van der Waals surface area contributed by atoms with Crippen molar-refractivity contribution in [3.05, 3.63) is 11.4 Å². The number of aryl methyl sites for hydroxylation is 1. The van der Waals surface area contributed by atoms with Crippen molar-refractivity contribution in [3.8, 4) is 6.07 Å². The van der Waals surface area contributed by atoms with Gasteiger partial charge in [0.25, 0.3) is 0 Å². The van der Waals surface area contributed by atoms with Gasteiger partial charge in [-0.3, -0.25) is 0 Å². The molecule has 0 atom stereocenters. The Morgan fingerprint density at radius 2 is 2.05 bits per heavy atom. The van der Waals surface area contributed by atoms with Crippen molar-refractivity contribution in [1.29, 1.82) is 5.26 Å². The van der Waals surface area contributed by atoms with Crippen LogP contribution in [0, 0.1) is 17.2 Å². The molecule has 0 spiro atoms. The van der Waals surface area contributed by atoms with Gasteiger partial charge >= 0.3 is 0 Å². The molecule has 0 aromatic carbocycles. The Balaban J connectivity index is 1.78. The molecule has 5 nitrogen and oxygen atoms in total. The molecule has 2 aliphatic rings. The zero-order valence-electron chi connectivity index (χ0n) is 11.2. The van der Waals surface area contributed by atoms with Gasteiger partial charge in [-0.25, -0.2) is 4.68 Å². The standard InChI is InChI=1S/C14H20N4O/c15-7-3-13-14(12-5-9-19-10-6-12)18(17-16-13)8-4-11-1-2-11/h11-12H,1-6,8-10H2. The van der Waals surface area contributed by atoms with Gasteiger partial charge in [0, 0.05) is 25.7 Å². The molecule has 0 radical (unpaired) electrons. The fraction of sp³-hybridized carbons (Fsp3) is 0.786. The van der Waals surface area contributed by atoms with Crippen LogP contribution in [0.5, 0.6) is 0 Å². The van der Waals surface area contributed by atoms with Gasteiger partial charge in [0.15, 0.2) is 0 Å². The van der Waals surface area contributed by atoms with Crippen molar-refractivity contribution in [1.82, 2.24) is 15.0 Å². The number of hydrogen-bond donors (Lipinski definition) is 0. The van der Waals surface area contributed by atoms with Crippen LogP contribution in [0.3, 0.4) is 0 Å². The van der Waals surface area contributed by atoms with Gasteiger partial charge < -0.3 is 4.74 Å². The molecule has 0 bridgehead atoms. The Labute approximate surface area is 113 Å². The summed E-state index contributed by atoms with van der Waals surface area (Å²) in [5.74, 6) is 1.36. The number of nitrogens with zero attached hydrogens (tertiary/aromatic N) is 4. The summed E-state index contributed by atoms with van der Waals surface area (Å²) in [6, 6.07) is 2.21. The lowest BCUT2D eigenvalue weighted by atomic mass is 9.94. The van der Waals surface area contributed by atoms with Gasteiger partial charge in [-0.1, -0.05) is 18.1 Å². The molecule has 1 saturated carbocycles. The maximum Gasteiger partial charge on any atom is 0.100 e. The quantitative estimate of drug-likeness (QED) is 0.812. The molecule has 19 heavy (non-hydrogen) atoms. The fourth-order valence-electron chi connectivity index (χ4n) is 2.85.